The summed E-state index contributed by atoms with van der Waals surface area (Å²) < 4.78 is 6.12. The maximum atomic E-state index is 6.12. The van der Waals surface area contributed by atoms with Gasteiger partial charge in [-0.3, -0.25) is 0 Å². The summed E-state index contributed by atoms with van der Waals surface area (Å²) in [5.74, 6) is 1.16. The summed E-state index contributed by atoms with van der Waals surface area (Å²) >= 11 is 0. The smallest absolute Gasteiger partial charge is 1.00 e. The molecule has 0 saturated carbocycles. The van der Waals surface area contributed by atoms with E-state index in [1.54, 1.807) is 5.19 Å². The Kier molecular flexibility index (Phi) is 13.0. The van der Waals surface area contributed by atoms with Crippen LogP contribution >= 0.6 is 0 Å². The molecular formula is C25H32Cl2OSi2Zr. The monoisotopic (exact) mass is 564 g/mol. The molecule has 1 aliphatic rings. The van der Waals surface area contributed by atoms with Crippen LogP contribution in [-0.2, 0) is 39.0 Å². The van der Waals surface area contributed by atoms with Crippen LogP contribution in [0.4, 0.5) is 0 Å². The second kappa shape index (κ2) is 13.3. The normalized spacial score (nSPS) is 11.1. The molecule has 164 valence electrons. The maximum absolute atomic E-state index is 6.12. The van der Waals surface area contributed by atoms with Crippen LogP contribution in [0.1, 0.15) is 23.6 Å². The van der Waals surface area contributed by atoms with Crippen LogP contribution < -0.4 is 34.4 Å². The zero-order valence-electron chi connectivity index (χ0n) is 19.4. The molecule has 0 amide bonds. The van der Waals surface area contributed by atoms with E-state index in [0.717, 1.165) is 18.6 Å². The van der Waals surface area contributed by atoms with Crippen molar-refractivity contribution in [2.24, 2.45) is 0 Å². The Morgan fingerprint density at radius 1 is 1.00 bits per heavy atom. The van der Waals surface area contributed by atoms with Gasteiger partial charge in [0.15, 0.2) is 0 Å². The molecule has 0 aliphatic heterocycles. The van der Waals surface area contributed by atoms with Gasteiger partial charge in [0, 0.05) is 8.80 Å². The molecule has 0 N–H and O–H groups in total. The van der Waals surface area contributed by atoms with Crippen LogP contribution in [0.15, 0.2) is 54.6 Å². The molecule has 0 radical (unpaired) electrons. The minimum atomic E-state index is -1.45. The van der Waals surface area contributed by atoms with Crippen LogP contribution in [0.2, 0.25) is 32.7 Å². The molecule has 0 aromatic heterocycles. The van der Waals surface area contributed by atoms with Crippen molar-refractivity contribution in [1.29, 1.82) is 0 Å². The van der Waals surface area contributed by atoms with Crippen molar-refractivity contribution in [3.05, 3.63) is 77.4 Å². The molecule has 31 heavy (non-hydrogen) atoms. The van der Waals surface area contributed by atoms with Gasteiger partial charge in [0.05, 0.1) is 0 Å². The van der Waals surface area contributed by atoms with Crippen LogP contribution in [0.25, 0.3) is 11.1 Å². The average Bonchev–Trinajstić information content (AvgIpc) is 3.21. The maximum Gasteiger partial charge on any atom is 4.00 e. The van der Waals surface area contributed by atoms with Gasteiger partial charge in [0.2, 0.25) is 8.32 Å². The largest absolute Gasteiger partial charge is 4.00 e. The van der Waals surface area contributed by atoms with Gasteiger partial charge in [0.25, 0.3) is 0 Å². The zero-order valence-corrected chi connectivity index (χ0v) is 25.5. The van der Waals surface area contributed by atoms with Crippen molar-refractivity contribution in [3.63, 3.8) is 0 Å². The summed E-state index contributed by atoms with van der Waals surface area (Å²) in [6.07, 6.45) is 2.15. The predicted molar refractivity (Wildman–Crippen MR) is 127 cm³/mol. The van der Waals surface area contributed by atoms with E-state index in [1.807, 2.05) is 6.07 Å². The van der Waals surface area contributed by atoms with Crippen molar-refractivity contribution in [2.75, 3.05) is 0 Å². The fourth-order valence-electron chi connectivity index (χ4n) is 3.85. The van der Waals surface area contributed by atoms with Gasteiger partial charge in [-0.05, 0) is 26.1 Å². The minimum Gasteiger partial charge on any atom is -1.00 e. The van der Waals surface area contributed by atoms with Crippen molar-refractivity contribution in [1.82, 2.24) is 0 Å². The van der Waals surface area contributed by atoms with Gasteiger partial charge < -0.3 is 29.2 Å². The molecule has 0 saturated heterocycles. The molecule has 1 nitrogen and oxygen atoms in total. The van der Waals surface area contributed by atoms with E-state index in [2.05, 4.69) is 94.3 Å². The third kappa shape index (κ3) is 7.79. The standard InChI is InChI=1S/C13H9.C12H23OSi2.2ClH.Zr/c1-3-7-12-10(5-1)9-11-6-2-4-8-13(11)12;1-7-10-11(13-15(4,5)6)8-9-12(10)14(2)3;;;/h1-5,7-8H,9H2;8-9,14H,7H2,1-6H3;2*1H;/q2*-1;;;+4/p-2. The van der Waals surface area contributed by atoms with Gasteiger partial charge in [-0.1, -0.05) is 67.6 Å². The third-order valence-electron chi connectivity index (χ3n) is 5.07. The Bertz CT molecular complexity index is 905. The number of halogens is 2. The molecule has 0 fully saturated rings. The van der Waals surface area contributed by atoms with Crippen molar-refractivity contribution in [2.45, 2.75) is 52.5 Å². The van der Waals surface area contributed by atoms with E-state index in [4.69, 9.17) is 4.43 Å². The Hall–Kier alpha value is -0.513. The van der Waals surface area contributed by atoms with E-state index in [0.29, 0.717) is 0 Å². The fourth-order valence-corrected chi connectivity index (χ4v) is 6.23. The molecule has 6 heteroatoms. The van der Waals surface area contributed by atoms with Crippen molar-refractivity contribution < 1.29 is 55.4 Å². The molecule has 1 aliphatic carbocycles. The van der Waals surface area contributed by atoms with Crippen LogP contribution in [-0.4, -0.2) is 17.1 Å². The first kappa shape index (κ1) is 30.5. The number of benzene rings is 2. The molecule has 4 rings (SSSR count). The first-order chi connectivity index (χ1) is 13.3. The SMILES string of the molecule is CCc1c(O[Si](C)(C)C)cc[c-]1[SiH](C)C.[Cl-].[Cl-].[Zr+4].[c-]1cccc2c1Cc1ccccc1-2. The summed E-state index contributed by atoms with van der Waals surface area (Å²) in [7, 11) is -2.15. The van der Waals surface area contributed by atoms with Crippen molar-refractivity contribution >= 4 is 22.3 Å². The first-order valence-electron chi connectivity index (χ1n) is 10.4. The van der Waals surface area contributed by atoms with E-state index in [-0.39, 0.29) is 51.0 Å². The molecule has 0 heterocycles. The number of fused-ring (bicyclic) bond motifs is 3. The van der Waals surface area contributed by atoms with Crippen molar-refractivity contribution in [3.8, 4) is 16.9 Å². The van der Waals surface area contributed by atoms with Gasteiger partial charge in [-0.25, -0.2) is 0 Å². The van der Waals surface area contributed by atoms with Gasteiger partial charge in [-0.15, -0.1) is 11.1 Å². The average molecular weight is 567 g/mol. The topological polar surface area (TPSA) is 9.23 Å². The quantitative estimate of drug-likeness (QED) is 0.249. The van der Waals surface area contributed by atoms with Crippen LogP contribution in [0.5, 0.6) is 5.75 Å². The number of hydrogen-bond acceptors (Lipinski definition) is 1. The number of rotatable bonds is 4. The fraction of sp³-hybridized carbons (Fsp3) is 0.320. The third-order valence-corrected chi connectivity index (χ3v) is 7.69. The van der Waals surface area contributed by atoms with Crippen LogP contribution in [0, 0.1) is 6.07 Å². The Morgan fingerprint density at radius 3 is 2.26 bits per heavy atom. The second-order valence-electron chi connectivity index (χ2n) is 8.75. The van der Waals surface area contributed by atoms with E-state index < -0.39 is 17.1 Å². The van der Waals surface area contributed by atoms with Gasteiger partial charge in [-0.2, -0.15) is 47.1 Å². The minimum absolute atomic E-state index is 0. The molecule has 0 atom stereocenters. The first-order valence-corrected chi connectivity index (χ1v) is 16.6. The zero-order chi connectivity index (χ0) is 20.3. The van der Waals surface area contributed by atoms with Crippen LogP contribution in [0.3, 0.4) is 0 Å². The summed E-state index contributed by atoms with van der Waals surface area (Å²) in [5, 5.41) is 1.59. The number of hydrogen-bond donors (Lipinski definition) is 0. The van der Waals surface area contributed by atoms with Gasteiger partial charge in [0.1, 0.15) is 0 Å². The van der Waals surface area contributed by atoms with E-state index >= 15 is 0 Å². The molecule has 3 aromatic rings. The molecule has 0 spiro atoms. The summed E-state index contributed by atoms with van der Waals surface area (Å²) in [4.78, 5) is 0. The second-order valence-corrected chi connectivity index (χ2v) is 16.1. The molecule has 0 unspecified atom stereocenters. The molecule has 3 aromatic carbocycles. The summed E-state index contributed by atoms with van der Waals surface area (Å²) in [6, 6.07) is 22.6. The Morgan fingerprint density at radius 2 is 1.65 bits per heavy atom. The predicted octanol–water partition coefficient (Wildman–Crippen LogP) is -0.0612. The Balaban J connectivity index is 0.000000531. The summed E-state index contributed by atoms with van der Waals surface area (Å²) in [5.41, 5.74) is 6.98. The van der Waals surface area contributed by atoms with E-state index in [9.17, 15) is 0 Å². The van der Waals surface area contributed by atoms with Gasteiger partial charge >= 0.3 is 26.2 Å². The van der Waals surface area contributed by atoms with E-state index in [1.165, 1.54) is 27.8 Å². The summed E-state index contributed by atoms with van der Waals surface area (Å²) in [6.45, 7) is 13.7. The molecular weight excluding hydrogens is 535 g/mol. The molecule has 0 bridgehead atoms. The Labute approximate surface area is 223 Å².